The van der Waals surface area contributed by atoms with Crippen molar-refractivity contribution in [1.29, 1.82) is 0 Å². The first-order valence-electron chi connectivity index (χ1n) is 13.9. The standard InChI is InChI=1S/C30H28N6O2S2/c37-29(27-33-21-7-11-31-15-25(21)39-27)35-13-9-19-17(3-1-5-23(19)35)18-4-2-6-24-20(18)10-14-36(24)30(38)28-34-22-8-12-32-16-26(22)40-28/h1-6,31-32H,7-16H2. The summed E-state index contributed by atoms with van der Waals surface area (Å²) < 4.78 is 0. The fraction of sp³-hybridized carbons (Fsp3) is 0.333. The van der Waals surface area contributed by atoms with E-state index < -0.39 is 0 Å². The maximum atomic E-state index is 13.6. The molecule has 8 rings (SSSR count). The van der Waals surface area contributed by atoms with E-state index in [-0.39, 0.29) is 11.8 Å². The van der Waals surface area contributed by atoms with Crippen LogP contribution >= 0.6 is 22.7 Å². The predicted octanol–water partition coefficient (Wildman–Crippen LogP) is 3.96. The summed E-state index contributed by atoms with van der Waals surface area (Å²) in [6.07, 6.45) is 3.35. The molecular weight excluding hydrogens is 541 g/mol. The van der Waals surface area contributed by atoms with Crippen molar-refractivity contribution in [3.8, 4) is 11.1 Å². The molecule has 0 saturated carbocycles. The molecule has 202 valence electrons. The summed E-state index contributed by atoms with van der Waals surface area (Å²) in [4.78, 5) is 42.7. The summed E-state index contributed by atoms with van der Waals surface area (Å²) in [6.45, 7) is 4.71. The summed E-state index contributed by atoms with van der Waals surface area (Å²) in [7, 11) is 0. The van der Waals surface area contributed by atoms with Gasteiger partial charge in [-0.2, -0.15) is 0 Å². The van der Waals surface area contributed by atoms with Crippen molar-refractivity contribution in [2.24, 2.45) is 0 Å². The van der Waals surface area contributed by atoms with Gasteiger partial charge in [-0.1, -0.05) is 24.3 Å². The van der Waals surface area contributed by atoms with Crippen LogP contribution in [0.15, 0.2) is 36.4 Å². The van der Waals surface area contributed by atoms with E-state index in [1.165, 1.54) is 43.6 Å². The van der Waals surface area contributed by atoms with Crippen molar-refractivity contribution in [2.45, 2.75) is 38.8 Å². The van der Waals surface area contributed by atoms with E-state index in [9.17, 15) is 9.59 Å². The molecule has 4 aliphatic rings. The molecule has 2 N–H and O–H groups in total. The molecule has 8 nitrogen and oxygen atoms in total. The average Bonchev–Trinajstić information content (AvgIpc) is 3.79. The van der Waals surface area contributed by atoms with E-state index in [1.807, 2.05) is 21.9 Å². The van der Waals surface area contributed by atoms with E-state index in [2.05, 4.69) is 34.9 Å². The molecule has 4 aromatic rings. The van der Waals surface area contributed by atoms with Crippen molar-refractivity contribution in [1.82, 2.24) is 20.6 Å². The summed E-state index contributed by atoms with van der Waals surface area (Å²) in [5.41, 5.74) is 8.75. The lowest BCUT2D eigenvalue weighted by molar-refractivity contribution is 0.0981. The van der Waals surface area contributed by atoms with E-state index in [4.69, 9.17) is 9.97 Å². The molecule has 10 heteroatoms. The van der Waals surface area contributed by atoms with Crippen LogP contribution in [-0.4, -0.2) is 48.0 Å². The molecule has 2 aromatic heterocycles. The molecule has 0 bridgehead atoms. The molecule has 40 heavy (non-hydrogen) atoms. The number of amides is 2. The van der Waals surface area contributed by atoms with Gasteiger partial charge in [0.25, 0.3) is 11.8 Å². The third kappa shape index (κ3) is 3.85. The lowest BCUT2D eigenvalue weighted by Gasteiger charge is -2.18. The van der Waals surface area contributed by atoms with Gasteiger partial charge < -0.3 is 20.4 Å². The van der Waals surface area contributed by atoms with Gasteiger partial charge >= 0.3 is 0 Å². The molecule has 0 aliphatic carbocycles. The molecule has 0 saturated heterocycles. The summed E-state index contributed by atoms with van der Waals surface area (Å²) in [5.74, 6) is -0.0154. The van der Waals surface area contributed by atoms with Crippen molar-refractivity contribution < 1.29 is 9.59 Å². The topological polar surface area (TPSA) is 90.5 Å². The number of thiazole rings is 2. The Morgan fingerprint density at radius 1 is 0.675 bits per heavy atom. The monoisotopic (exact) mass is 568 g/mol. The van der Waals surface area contributed by atoms with Gasteiger partial charge in [-0.3, -0.25) is 9.59 Å². The number of benzene rings is 2. The van der Waals surface area contributed by atoms with Crippen LogP contribution in [0, 0.1) is 0 Å². The van der Waals surface area contributed by atoms with Gasteiger partial charge in [0.05, 0.1) is 11.4 Å². The molecule has 4 aliphatic heterocycles. The zero-order valence-electron chi connectivity index (χ0n) is 22.0. The van der Waals surface area contributed by atoms with Gasteiger partial charge in [0.15, 0.2) is 10.0 Å². The summed E-state index contributed by atoms with van der Waals surface area (Å²) >= 11 is 3.04. The molecule has 0 spiro atoms. The van der Waals surface area contributed by atoms with Crippen LogP contribution in [0.3, 0.4) is 0 Å². The molecule has 2 aromatic carbocycles. The van der Waals surface area contributed by atoms with E-state index in [1.54, 1.807) is 0 Å². The minimum Gasteiger partial charge on any atom is -0.311 e. The molecule has 2 amide bonds. The van der Waals surface area contributed by atoms with Crippen molar-refractivity contribution >= 4 is 45.9 Å². The highest BCUT2D eigenvalue weighted by Crippen LogP contribution is 2.43. The van der Waals surface area contributed by atoms with Gasteiger partial charge in [0.2, 0.25) is 0 Å². The Morgan fingerprint density at radius 3 is 1.60 bits per heavy atom. The Labute approximate surface area is 240 Å². The minimum atomic E-state index is -0.00768. The van der Waals surface area contributed by atoms with Crippen LogP contribution in [0.1, 0.15) is 51.9 Å². The maximum Gasteiger partial charge on any atom is 0.287 e. The number of anilines is 2. The van der Waals surface area contributed by atoms with Crippen molar-refractivity contribution in [2.75, 3.05) is 36.0 Å². The van der Waals surface area contributed by atoms with Gasteiger partial charge in [-0.05, 0) is 47.2 Å². The zero-order valence-corrected chi connectivity index (χ0v) is 23.6. The second-order valence-corrected chi connectivity index (χ2v) is 12.8. The lowest BCUT2D eigenvalue weighted by atomic mass is 9.93. The van der Waals surface area contributed by atoms with Gasteiger partial charge in [-0.25, -0.2) is 9.97 Å². The largest absolute Gasteiger partial charge is 0.311 e. The first-order valence-corrected chi connectivity index (χ1v) is 15.6. The molecule has 0 fully saturated rings. The van der Waals surface area contributed by atoms with E-state index in [0.717, 1.165) is 85.8 Å². The number of rotatable bonds is 3. The number of fused-ring (bicyclic) bond motifs is 4. The normalized spacial score (nSPS) is 17.4. The Hall–Kier alpha value is -3.44. The average molecular weight is 569 g/mol. The fourth-order valence-corrected chi connectivity index (χ4v) is 8.51. The number of nitrogens with zero attached hydrogens (tertiary/aromatic N) is 4. The Kier molecular flexibility index (Phi) is 5.84. The SMILES string of the molecule is O=C(c1nc2c(s1)CNCC2)N1CCc2c(-c3cccc4c3CCN4C(=O)c3nc4c(s3)CNCC4)cccc21. The summed E-state index contributed by atoms with van der Waals surface area (Å²) in [6, 6.07) is 12.5. The molecule has 6 heterocycles. The van der Waals surface area contributed by atoms with Crippen LogP contribution in [0.4, 0.5) is 11.4 Å². The Balaban J connectivity index is 1.11. The molecule has 0 unspecified atom stereocenters. The Bertz CT molecular complexity index is 1520. The molecular formula is C30H28N6O2S2. The first-order chi connectivity index (χ1) is 19.7. The van der Waals surface area contributed by atoms with Crippen LogP contribution in [-0.2, 0) is 38.8 Å². The van der Waals surface area contributed by atoms with Gasteiger partial charge in [0.1, 0.15) is 0 Å². The van der Waals surface area contributed by atoms with Crippen LogP contribution in [0.2, 0.25) is 0 Å². The number of hydrogen-bond donors (Lipinski definition) is 2. The quantitative estimate of drug-likeness (QED) is 0.389. The lowest BCUT2D eigenvalue weighted by Crippen LogP contribution is -2.28. The highest BCUT2D eigenvalue weighted by atomic mass is 32.1. The number of carbonyl (C=O) groups is 2. The van der Waals surface area contributed by atoms with E-state index >= 15 is 0 Å². The Morgan fingerprint density at radius 2 is 1.15 bits per heavy atom. The minimum absolute atomic E-state index is 0.00768. The van der Waals surface area contributed by atoms with E-state index in [0.29, 0.717) is 23.1 Å². The predicted molar refractivity (Wildman–Crippen MR) is 158 cm³/mol. The number of aromatic nitrogens is 2. The fourth-order valence-electron chi connectivity index (χ4n) is 6.46. The van der Waals surface area contributed by atoms with Crippen molar-refractivity contribution in [3.63, 3.8) is 0 Å². The number of nitrogens with one attached hydrogen (secondary N) is 2. The second-order valence-electron chi connectivity index (χ2n) is 10.7. The molecule has 0 radical (unpaired) electrons. The third-order valence-electron chi connectivity index (χ3n) is 8.41. The number of hydrogen-bond acceptors (Lipinski definition) is 8. The van der Waals surface area contributed by atoms with Crippen LogP contribution in [0.25, 0.3) is 11.1 Å². The van der Waals surface area contributed by atoms with Crippen molar-refractivity contribution in [3.05, 3.63) is 78.7 Å². The van der Waals surface area contributed by atoms with Crippen LogP contribution in [0.5, 0.6) is 0 Å². The third-order valence-corrected chi connectivity index (χ3v) is 10.6. The number of carbonyl (C=O) groups excluding carboxylic acids is 2. The second kappa shape index (κ2) is 9.59. The highest BCUT2D eigenvalue weighted by Gasteiger charge is 2.33. The van der Waals surface area contributed by atoms with Crippen LogP contribution < -0.4 is 20.4 Å². The van der Waals surface area contributed by atoms with Gasteiger partial charge in [0, 0.05) is 73.2 Å². The maximum absolute atomic E-state index is 13.6. The van der Waals surface area contributed by atoms with Gasteiger partial charge in [-0.15, -0.1) is 22.7 Å². The zero-order chi connectivity index (χ0) is 26.8. The summed E-state index contributed by atoms with van der Waals surface area (Å²) in [5, 5.41) is 7.91. The molecule has 0 atom stereocenters. The smallest absolute Gasteiger partial charge is 0.287 e. The highest BCUT2D eigenvalue weighted by molar-refractivity contribution is 7.14. The first kappa shape index (κ1) is 24.4.